The Kier molecular flexibility index (Phi) is 32.0. The first kappa shape index (κ1) is 73.9. The molecule has 0 atom stereocenters. The highest BCUT2D eigenvalue weighted by atomic mass is 127. The third-order valence-corrected chi connectivity index (χ3v) is 14.7. The predicted molar refractivity (Wildman–Crippen MR) is 372 cm³/mol. The fourth-order valence-corrected chi connectivity index (χ4v) is 10.7. The van der Waals surface area contributed by atoms with Gasteiger partial charge in [0.1, 0.15) is 27.8 Å². The Morgan fingerprint density at radius 2 is 0.867 bits per heavy atom. The van der Waals surface area contributed by atoms with Gasteiger partial charge < -0.3 is 46.1 Å². The zero-order valence-electron chi connectivity index (χ0n) is 41.0. The second kappa shape index (κ2) is 36.0. The van der Waals surface area contributed by atoms with Crippen LogP contribution in [0.4, 0.5) is 22.7 Å². The molecule has 0 aromatic heterocycles. The van der Waals surface area contributed by atoms with E-state index in [1.807, 2.05) is 65.1 Å². The van der Waals surface area contributed by atoms with Crippen molar-refractivity contribution in [2.24, 2.45) is 0 Å². The highest BCUT2D eigenvalue weighted by molar-refractivity contribution is 14.1. The number of phenols is 3. The molecule has 0 radical (unpaired) electrons. The second-order valence-electron chi connectivity index (χ2n) is 15.9. The Bertz CT molecular complexity index is 3430. The van der Waals surface area contributed by atoms with E-state index in [9.17, 15) is 39.3 Å². The Labute approximate surface area is 565 Å². The third kappa shape index (κ3) is 24.0. The first-order chi connectivity index (χ1) is 37.9. The molecule has 0 aliphatic carbocycles. The van der Waals surface area contributed by atoms with Gasteiger partial charge in [0.05, 0.1) is 24.7 Å². The van der Waals surface area contributed by atoms with E-state index in [1.54, 1.807) is 91.0 Å². The third-order valence-electron chi connectivity index (χ3n) is 9.86. The maximum atomic E-state index is 12.5. The average Bonchev–Trinajstić information content (AvgIpc) is 3.60. The lowest BCUT2D eigenvalue weighted by molar-refractivity contribution is -0.132. The molecule has 0 fully saturated rings. The molecule has 0 bridgehead atoms. The zero-order valence-corrected chi connectivity index (χ0v) is 55.6. The van der Waals surface area contributed by atoms with Gasteiger partial charge in [-0.05, 0) is 213 Å². The average molecular weight is 1730 g/mol. The molecule has 24 heteroatoms. The molecule has 0 spiro atoms. The number of amides is 3. The Hall–Kier alpha value is -5.16. The van der Waals surface area contributed by atoms with E-state index in [2.05, 4.69) is 124 Å². The summed E-state index contributed by atoms with van der Waals surface area (Å²) in [6.07, 6.45) is 0. The minimum atomic E-state index is -0.562. The molecule has 0 saturated heterocycles. The summed E-state index contributed by atoms with van der Waals surface area (Å²) in [5.41, 5.74) is 3.60. The Morgan fingerprint density at radius 3 is 1.34 bits per heavy atom. The number of aromatic hydroxyl groups is 3. The van der Waals surface area contributed by atoms with Gasteiger partial charge in [-0.1, -0.05) is 127 Å². The number of esters is 2. The minimum Gasteiger partial charge on any atom is -0.507 e. The van der Waals surface area contributed by atoms with E-state index >= 15 is 0 Å². The van der Waals surface area contributed by atoms with Crippen LogP contribution in [0.2, 0.25) is 10.0 Å². The van der Waals surface area contributed by atoms with Crippen molar-refractivity contribution < 1.29 is 48.8 Å². The molecule has 8 aromatic rings. The van der Waals surface area contributed by atoms with Gasteiger partial charge in [-0.3, -0.25) is 24.0 Å². The number of benzene rings is 8. The lowest BCUT2D eigenvalue weighted by atomic mass is 10.1. The highest BCUT2D eigenvalue weighted by Gasteiger charge is 2.20. The maximum absolute atomic E-state index is 12.5. The summed E-state index contributed by atoms with van der Waals surface area (Å²) in [5.74, 6) is -2.14. The van der Waals surface area contributed by atoms with Crippen molar-refractivity contribution in [3.05, 3.63) is 220 Å². The molecule has 8 aromatic carbocycles. The smallest absolute Gasteiger partial charge is 0.308 e. The number of anilines is 4. The summed E-state index contributed by atoms with van der Waals surface area (Å²) in [6.45, 7) is 2.63. The first-order valence-corrected chi connectivity index (χ1v) is 29.8. The van der Waals surface area contributed by atoms with E-state index in [-0.39, 0.29) is 68.2 Å². The van der Waals surface area contributed by atoms with E-state index in [4.69, 9.17) is 44.9 Å². The number of ether oxygens (including phenoxy) is 2. The van der Waals surface area contributed by atoms with Crippen LogP contribution in [0.3, 0.4) is 0 Å². The van der Waals surface area contributed by atoms with Gasteiger partial charge in [0.25, 0.3) is 17.7 Å². The number of rotatable bonds is 10. The molecule has 14 nitrogen and oxygen atoms in total. The number of phenolic OH excluding ortho intramolecular Hbond substituents is 3. The Balaban J connectivity index is 0.000000375. The van der Waals surface area contributed by atoms with Crippen LogP contribution < -0.4 is 30.7 Å². The molecule has 0 aliphatic rings. The van der Waals surface area contributed by atoms with Crippen molar-refractivity contribution in [2.45, 2.75) is 36.1 Å². The molecule has 0 unspecified atom stereocenters. The molecule has 436 valence electrons. The second-order valence-corrected chi connectivity index (χ2v) is 24.1. The number of halogens is 9. The van der Waals surface area contributed by atoms with Gasteiger partial charge in [0, 0.05) is 68.1 Å². The number of nitrogens with one attached hydrogen (secondary N) is 4. The van der Waals surface area contributed by atoms with E-state index in [0.29, 0.717) is 57.0 Å². The van der Waals surface area contributed by atoms with Crippen LogP contribution in [-0.2, 0) is 9.59 Å². The van der Waals surface area contributed by atoms with Gasteiger partial charge in [0.15, 0.2) is 11.5 Å². The van der Waals surface area contributed by atoms with Crippen molar-refractivity contribution in [3.8, 4) is 28.7 Å². The fraction of sp³-hybridized carbons (Fsp3) is 0.0847. The van der Waals surface area contributed by atoms with E-state index < -0.39 is 17.8 Å². The van der Waals surface area contributed by atoms with Gasteiger partial charge >= 0.3 is 11.9 Å². The fourth-order valence-electron chi connectivity index (χ4n) is 6.33. The summed E-state index contributed by atoms with van der Waals surface area (Å²) in [5, 5.41) is 41.0. The van der Waals surface area contributed by atoms with Crippen LogP contribution in [-0.4, -0.2) is 50.0 Å². The van der Waals surface area contributed by atoms with E-state index in [0.717, 1.165) is 27.1 Å². The van der Waals surface area contributed by atoms with Gasteiger partial charge in [-0.25, -0.2) is 0 Å². The summed E-state index contributed by atoms with van der Waals surface area (Å²) in [4.78, 5) is 59.3. The molecule has 0 aliphatic heterocycles. The van der Waals surface area contributed by atoms with Crippen LogP contribution in [0.25, 0.3) is 0 Å². The molecule has 3 amide bonds. The van der Waals surface area contributed by atoms with E-state index in [1.165, 1.54) is 38.1 Å². The largest absolute Gasteiger partial charge is 0.507 e. The van der Waals surface area contributed by atoms with Crippen molar-refractivity contribution in [2.75, 3.05) is 21.3 Å². The van der Waals surface area contributed by atoms with Crippen LogP contribution in [0.1, 0.15) is 72.8 Å². The standard InChI is InChI=1S/C15H10Br2ClNO2S.C15H10ClI2NO3.C13H9Br2NO2.C13H10BrNO3.3CH4/c1-8(20)21-14-12(6-10(18)7-13(14)17)15(22)19-11-4-2-9(16)3-5-11;1-8(20)22-14-12(6-10(17)7-13(14)18)15(21)19-11-4-2-9(16)3-5-11;14-8-1-4-10(5-2-8)16-13(18)11-7-9(15)3-6-12(11)17;14-8-4-6-9(7-5-8)15-13(18)12-10(16)2-1-3-11(12)17;;;/h2-7H,1H3,(H,19,22);2-7H,1H3,(H,19,21);1-7,17H,(H,16,18);1-7,16-17H,(H,15,18);3*1H4. The predicted octanol–water partition coefficient (Wildman–Crippen LogP) is 19.5. The molecule has 0 heterocycles. The molecular formula is C59H51Br5Cl2I2N4O10S. The normalized spacial score (nSPS) is 9.77. The first-order valence-electron chi connectivity index (χ1n) is 22.5. The SMILES string of the molecule is C.C.C.CC(=O)Oc1c(Br)cc(Cl)cc1C(=S)Nc1ccc(Br)cc1.CC(=O)Oc1c(I)cc(I)cc1C(=O)Nc1ccc(Cl)cc1.O=C(Nc1ccc(Br)cc1)c1c(O)cccc1O.O=C(Nc1ccc(Br)cc1)c1cc(Br)ccc1O. The van der Waals surface area contributed by atoms with Crippen molar-refractivity contribution in [1.29, 1.82) is 0 Å². The van der Waals surface area contributed by atoms with Crippen molar-refractivity contribution in [3.63, 3.8) is 0 Å². The van der Waals surface area contributed by atoms with Gasteiger partial charge in [-0.2, -0.15) is 0 Å². The minimum absolute atomic E-state index is 0. The highest BCUT2D eigenvalue weighted by Crippen LogP contribution is 2.35. The van der Waals surface area contributed by atoms with Crippen molar-refractivity contribution in [1.82, 2.24) is 0 Å². The van der Waals surface area contributed by atoms with Gasteiger partial charge in [-0.15, -0.1) is 0 Å². The zero-order chi connectivity index (χ0) is 58.8. The lowest BCUT2D eigenvalue weighted by Gasteiger charge is -2.14. The molecule has 8 rings (SSSR count). The molecular weight excluding hydrogens is 1680 g/mol. The maximum Gasteiger partial charge on any atom is 0.308 e. The summed E-state index contributed by atoms with van der Waals surface area (Å²) >= 11 is 38.0. The van der Waals surface area contributed by atoms with Gasteiger partial charge in [0.2, 0.25) is 0 Å². The Morgan fingerprint density at radius 1 is 0.458 bits per heavy atom. The van der Waals surface area contributed by atoms with Crippen LogP contribution in [0.15, 0.2) is 180 Å². The molecule has 7 N–H and O–H groups in total. The summed E-state index contributed by atoms with van der Waals surface area (Å²) in [6, 6.07) is 44.2. The van der Waals surface area contributed by atoms with Crippen LogP contribution in [0, 0.1) is 7.14 Å². The summed E-state index contributed by atoms with van der Waals surface area (Å²) < 4.78 is 16.1. The molecule has 0 saturated carbocycles. The number of thiocarbonyl (C=S) groups is 1. The summed E-state index contributed by atoms with van der Waals surface area (Å²) in [7, 11) is 0. The number of carbonyl (C=O) groups is 5. The molecule has 83 heavy (non-hydrogen) atoms. The number of hydrogen-bond acceptors (Lipinski definition) is 11. The van der Waals surface area contributed by atoms with Crippen molar-refractivity contribution >= 4 is 218 Å². The van der Waals surface area contributed by atoms with Crippen LogP contribution in [0.5, 0.6) is 28.7 Å². The lowest BCUT2D eigenvalue weighted by Crippen LogP contribution is -2.16. The number of carbonyl (C=O) groups excluding carboxylic acids is 5. The van der Waals surface area contributed by atoms with Crippen LogP contribution >= 0.6 is 160 Å². The topological polar surface area (TPSA) is 213 Å². The quantitative estimate of drug-likeness (QED) is 0.0295. The number of hydrogen-bond donors (Lipinski definition) is 7. The monoisotopic (exact) mass is 1730 g/mol.